The molecule has 0 saturated heterocycles. The van der Waals surface area contributed by atoms with E-state index in [1.165, 1.54) is 11.8 Å². The molecule has 3 aromatic rings. The number of guanidine groups is 2. The molecule has 0 unspecified atom stereocenters. The van der Waals surface area contributed by atoms with Crippen LogP contribution in [0.1, 0.15) is 122 Å². The minimum absolute atomic E-state index is 0.0332. The van der Waals surface area contributed by atoms with Gasteiger partial charge in [-0.3, -0.25) is 48.3 Å². The number of aromatic amines is 1. The van der Waals surface area contributed by atoms with Gasteiger partial charge in [0.05, 0.1) is 18.1 Å². The third-order valence-electron chi connectivity index (χ3n) is 14.0. The second kappa shape index (κ2) is 35.0. The largest absolute Gasteiger partial charge is 0.370 e. The average Bonchev–Trinajstić information content (AvgIpc) is 3.82. The number of nitrogens with two attached hydrogens (primary N) is 6. The third-order valence-corrected chi connectivity index (χ3v) is 14.6. The SMILES string of the molecule is CSCC[C@H](CC(=O)[C@H](Cc1c[nH]c2ccccc12)NC(=O)[C@H](CCCCN)CC(=O)[C@H](CCCN=C(N)N)NC(=O)[C@@H](CC(=O)[C@@H](C)CCCN=C(N)N)CC(C)C)C(=O)N[C@@H](Cc1ccccc1)C(=O)C[C@@H](C)C(N)=O. The molecule has 8 atom stereocenters. The summed E-state index contributed by atoms with van der Waals surface area (Å²) in [6, 6.07) is 13.4. The van der Waals surface area contributed by atoms with Gasteiger partial charge in [-0.25, -0.2) is 0 Å². The first-order valence-electron chi connectivity index (χ1n) is 27.3. The van der Waals surface area contributed by atoms with Crippen molar-refractivity contribution in [2.75, 3.05) is 31.6 Å². The van der Waals surface area contributed by atoms with Gasteiger partial charge in [0.25, 0.3) is 0 Å². The monoisotopic (exact) mass is 1100 g/mol. The Balaban J connectivity index is 1.99. The predicted molar refractivity (Wildman–Crippen MR) is 310 cm³/mol. The summed E-state index contributed by atoms with van der Waals surface area (Å²) in [5.41, 5.74) is 35.9. The second-order valence-electron chi connectivity index (χ2n) is 21.0. The smallest absolute Gasteiger partial charge is 0.224 e. The lowest BCUT2D eigenvalue weighted by Crippen LogP contribution is -2.49. The molecule has 0 fully saturated rings. The van der Waals surface area contributed by atoms with Crippen LogP contribution in [-0.2, 0) is 51.2 Å². The highest BCUT2D eigenvalue weighted by atomic mass is 32.2. The first-order chi connectivity index (χ1) is 37.1. The van der Waals surface area contributed by atoms with E-state index in [9.17, 15) is 38.4 Å². The first-order valence-corrected chi connectivity index (χ1v) is 28.7. The number of nitrogens with zero attached hydrogens (tertiary/aromatic N) is 2. The Morgan fingerprint density at radius 1 is 0.564 bits per heavy atom. The van der Waals surface area contributed by atoms with Gasteiger partial charge >= 0.3 is 0 Å². The van der Waals surface area contributed by atoms with Crippen LogP contribution in [0, 0.1) is 35.5 Å². The number of ketones is 4. The van der Waals surface area contributed by atoms with Crippen LogP contribution in [0.3, 0.4) is 0 Å². The van der Waals surface area contributed by atoms with Crippen molar-refractivity contribution in [3.63, 3.8) is 0 Å². The molecule has 0 bridgehead atoms. The maximum absolute atomic E-state index is 14.9. The van der Waals surface area contributed by atoms with Crippen molar-refractivity contribution in [3.05, 3.63) is 71.9 Å². The van der Waals surface area contributed by atoms with Crippen LogP contribution in [0.2, 0.25) is 0 Å². The normalized spacial score (nSPS) is 14.4. The highest BCUT2D eigenvalue weighted by Gasteiger charge is 2.35. The average molecular weight is 1100 g/mol. The van der Waals surface area contributed by atoms with Gasteiger partial charge in [-0.05, 0) is 99.5 Å². The van der Waals surface area contributed by atoms with Gasteiger partial charge in [0.1, 0.15) is 5.78 Å². The zero-order chi connectivity index (χ0) is 57.7. The maximum Gasteiger partial charge on any atom is 0.224 e. The maximum atomic E-state index is 14.9. The van der Waals surface area contributed by atoms with Crippen molar-refractivity contribution in [2.24, 2.45) is 79.9 Å². The molecule has 21 heteroatoms. The van der Waals surface area contributed by atoms with Crippen molar-refractivity contribution in [2.45, 2.75) is 142 Å². The number of carbonyl (C=O) groups is 8. The molecular weight excluding hydrogens is 1010 g/mol. The van der Waals surface area contributed by atoms with Gasteiger partial charge < -0.3 is 55.3 Å². The summed E-state index contributed by atoms with van der Waals surface area (Å²) in [5.74, 6) is -6.93. The van der Waals surface area contributed by atoms with Gasteiger partial charge in [-0.2, -0.15) is 11.8 Å². The topological polar surface area (TPSA) is 369 Å². The molecule has 4 amide bonds. The van der Waals surface area contributed by atoms with E-state index in [4.69, 9.17) is 34.4 Å². The Kier molecular flexibility index (Phi) is 29.5. The number of nitrogens with one attached hydrogen (secondary N) is 4. The van der Waals surface area contributed by atoms with Crippen molar-refractivity contribution >= 4 is 81.3 Å². The van der Waals surface area contributed by atoms with E-state index in [1.807, 2.05) is 74.7 Å². The van der Waals surface area contributed by atoms with Crippen LogP contribution in [-0.4, -0.2) is 113 Å². The Labute approximate surface area is 464 Å². The summed E-state index contributed by atoms with van der Waals surface area (Å²) >= 11 is 1.49. The fraction of sp³-hybridized carbons (Fsp3) is 0.579. The molecule has 20 nitrogen and oxygen atoms in total. The van der Waals surface area contributed by atoms with E-state index in [-0.39, 0.29) is 99.7 Å². The lowest BCUT2D eigenvalue weighted by Gasteiger charge is -2.27. The lowest BCUT2D eigenvalue weighted by atomic mass is 9.86. The van der Waals surface area contributed by atoms with Crippen LogP contribution in [0.15, 0.2) is 70.8 Å². The van der Waals surface area contributed by atoms with E-state index >= 15 is 0 Å². The highest BCUT2D eigenvalue weighted by Crippen LogP contribution is 2.25. The number of aromatic nitrogens is 1. The number of hydrogen-bond donors (Lipinski definition) is 10. The molecule has 0 aliphatic heterocycles. The van der Waals surface area contributed by atoms with E-state index in [0.29, 0.717) is 57.4 Å². The zero-order valence-electron chi connectivity index (χ0n) is 46.4. The molecule has 0 spiro atoms. The fourth-order valence-electron chi connectivity index (χ4n) is 9.37. The summed E-state index contributed by atoms with van der Waals surface area (Å²) in [6.07, 6.45) is 6.45. The number of rotatable bonds is 40. The third kappa shape index (κ3) is 24.0. The quantitative estimate of drug-likeness (QED) is 0.0220. The number of unbranched alkanes of at least 4 members (excludes halogenated alkanes) is 1. The molecule has 0 aliphatic rings. The van der Waals surface area contributed by atoms with E-state index in [0.717, 1.165) is 22.0 Å². The number of para-hydroxylation sites is 1. The number of benzene rings is 2. The van der Waals surface area contributed by atoms with Crippen molar-refractivity contribution in [1.82, 2.24) is 20.9 Å². The van der Waals surface area contributed by atoms with Crippen LogP contribution in [0.25, 0.3) is 10.9 Å². The van der Waals surface area contributed by atoms with Gasteiger partial charge in [0, 0.05) is 91.9 Å². The number of hydrogen-bond acceptors (Lipinski definition) is 12. The molecular formula is C57H88N12O8S. The van der Waals surface area contributed by atoms with Gasteiger partial charge in [0.15, 0.2) is 29.3 Å². The minimum atomic E-state index is -1.16. The van der Waals surface area contributed by atoms with Crippen LogP contribution in [0.4, 0.5) is 0 Å². The van der Waals surface area contributed by atoms with Crippen LogP contribution in [0.5, 0.6) is 0 Å². The summed E-state index contributed by atoms with van der Waals surface area (Å²) in [4.78, 5) is 124. The van der Waals surface area contributed by atoms with Crippen molar-refractivity contribution in [1.29, 1.82) is 0 Å². The number of aliphatic imine (C=N–C) groups is 2. The molecule has 430 valence electrons. The second-order valence-corrected chi connectivity index (χ2v) is 22.0. The molecule has 0 radical (unpaired) electrons. The number of H-pyrrole nitrogens is 1. The molecule has 78 heavy (non-hydrogen) atoms. The molecule has 16 N–H and O–H groups in total. The number of primary amides is 1. The summed E-state index contributed by atoms with van der Waals surface area (Å²) in [7, 11) is 0. The molecule has 0 aliphatic carbocycles. The Bertz CT molecular complexity index is 2470. The minimum Gasteiger partial charge on any atom is -0.370 e. The molecule has 2 aromatic carbocycles. The molecule has 1 heterocycles. The number of thioether (sulfide) groups is 1. The van der Waals surface area contributed by atoms with Crippen molar-refractivity contribution < 1.29 is 38.4 Å². The molecule has 3 rings (SSSR count). The Hall–Kier alpha value is -6.61. The number of Topliss-reactive ketones (excluding diaryl/α,β-unsaturated/α-hetero) is 4. The summed E-state index contributed by atoms with van der Waals surface area (Å²) in [5, 5.41) is 9.70. The lowest BCUT2D eigenvalue weighted by molar-refractivity contribution is -0.136. The highest BCUT2D eigenvalue weighted by molar-refractivity contribution is 7.98. The Morgan fingerprint density at radius 2 is 1.09 bits per heavy atom. The number of amides is 4. The van der Waals surface area contributed by atoms with E-state index in [1.54, 1.807) is 20.0 Å². The summed E-state index contributed by atoms with van der Waals surface area (Å²) in [6.45, 7) is 8.12. The number of carbonyl (C=O) groups excluding carboxylic acids is 8. The number of fused-ring (bicyclic) bond motifs is 1. The Morgan fingerprint density at radius 3 is 1.68 bits per heavy atom. The van der Waals surface area contributed by atoms with Crippen molar-refractivity contribution in [3.8, 4) is 0 Å². The molecule has 0 saturated carbocycles. The van der Waals surface area contributed by atoms with Crippen LogP contribution >= 0.6 is 11.8 Å². The fourth-order valence-corrected chi connectivity index (χ4v) is 9.89. The molecule has 1 aromatic heterocycles. The zero-order valence-corrected chi connectivity index (χ0v) is 47.3. The van der Waals surface area contributed by atoms with Crippen LogP contribution < -0.4 is 50.4 Å². The standard InChI is InChI=1S/C57H88N12O8S/c1-35(2)27-41(33-48(70)36(3)15-13-24-64-56(60)61)55(77)67-45(21-14-25-65-57(62)63)50(72)31-39(18-11-12-23-58)53(75)69-47(30-42-34-66-44-20-10-9-19-43(42)44)51(73)32-40(22-26-78-5)54(76)68-46(29-38-16-7-6-8-17-38)49(71)28-37(4)52(59)74/h6-10,16-17,19-20,34-37,39-41,45-47,66H,11-15,18,21-33,58H2,1-5H3,(H2,59,74)(H,67,77)(H,68,76)(H,69,75)(H4,60,61,64)(H4,62,63,65)/t36-,37+,39+,40+,41+,45-,46-,47-/m0/s1. The summed E-state index contributed by atoms with van der Waals surface area (Å²) < 4.78 is 0. The predicted octanol–water partition coefficient (Wildman–Crippen LogP) is 3.89. The van der Waals surface area contributed by atoms with E-state index < -0.39 is 77.0 Å². The van der Waals surface area contributed by atoms with Gasteiger partial charge in [0.2, 0.25) is 23.6 Å². The van der Waals surface area contributed by atoms with Gasteiger partial charge in [-0.1, -0.05) is 82.6 Å². The van der Waals surface area contributed by atoms with E-state index in [2.05, 4.69) is 30.9 Å². The van der Waals surface area contributed by atoms with Gasteiger partial charge in [-0.15, -0.1) is 0 Å². The first kappa shape index (κ1) is 65.7.